The van der Waals surface area contributed by atoms with Crippen LogP contribution in [0.5, 0.6) is 11.5 Å². The van der Waals surface area contributed by atoms with Crippen molar-refractivity contribution in [1.29, 1.82) is 0 Å². The van der Waals surface area contributed by atoms with E-state index < -0.39 is 19.9 Å². The Morgan fingerprint density at radius 2 is 1.48 bits per heavy atom. The predicted molar refractivity (Wildman–Crippen MR) is 107 cm³/mol. The van der Waals surface area contributed by atoms with E-state index in [0.717, 1.165) is 19.1 Å². The second-order valence-corrected chi connectivity index (χ2v) is 11.4. The first-order valence-electron chi connectivity index (χ1n) is 9.43. The van der Waals surface area contributed by atoms with E-state index in [4.69, 9.17) is 9.47 Å². The van der Waals surface area contributed by atoms with Gasteiger partial charge in [-0.15, -0.1) is 0 Å². The number of fused-ring (bicyclic) bond motifs is 1. The van der Waals surface area contributed by atoms with E-state index >= 15 is 0 Å². The SMILES string of the molecule is CS(=O)(=O)c1ccc(Oc2ccc(S(=O)(=O)N3CCC4OCCC4C3)cc2)cc1. The van der Waals surface area contributed by atoms with E-state index in [1.54, 1.807) is 28.6 Å². The third-order valence-electron chi connectivity index (χ3n) is 5.40. The highest BCUT2D eigenvalue weighted by atomic mass is 32.2. The smallest absolute Gasteiger partial charge is 0.243 e. The van der Waals surface area contributed by atoms with Gasteiger partial charge in [0.1, 0.15) is 11.5 Å². The Bertz CT molecular complexity index is 1080. The average Bonchev–Trinajstić information content (AvgIpc) is 3.16. The van der Waals surface area contributed by atoms with Crippen molar-refractivity contribution in [1.82, 2.24) is 4.31 Å². The summed E-state index contributed by atoms with van der Waals surface area (Å²) in [6.07, 6.45) is 2.96. The van der Waals surface area contributed by atoms with Gasteiger partial charge < -0.3 is 9.47 Å². The number of sulfone groups is 1. The van der Waals surface area contributed by atoms with Crippen LogP contribution in [0.25, 0.3) is 0 Å². The molecule has 0 saturated carbocycles. The summed E-state index contributed by atoms with van der Waals surface area (Å²) in [5.41, 5.74) is 0. The van der Waals surface area contributed by atoms with Crippen molar-refractivity contribution in [3.05, 3.63) is 48.5 Å². The van der Waals surface area contributed by atoms with E-state index in [-0.39, 0.29) is 21.8 Å². The molecule has 29 heavy (non-hydrogen) atoms. The van der Waals surface area contributed by atoms with E-state index in [1.165, 1.54) is 24.3 Å². The molecule has 0 aromatic heterocycles. The number of benzene rings is 2. The Morgan fingerprint density at radius 3 is 2.07 bits per heavy atom. The molecule has 2 fully saturated rings. The van der Waals surface area contributed by atoms with Gasteiger partial charge in [0.2, 0.25) is 10.0 Å². The van der Waals surface area contributed by atoms with Crippen molar-refractivity contribution in [3.8, 4) is 11.5 Å². The van der Waals surface area contributed by atoms with Crippen LogP contribution in [0.15, 0.2) is 58.3 Å². The molecule has 2 unspecified atom stereocenters. The van der Waals surface area contributed by atoms with E-state index in [1.807, 2.05) is 0 Å². The monoisotopic (exact) mass is 437 g/mol. The lowest BCUT2D eigenvalue weighted by molar-refractivity contribution is 0.0555. The maximum absolute atomic E-state index is 13.0. The van der Waals surface area contributed by atoms with Crippen molar-refractivity contribution in [2.75, 3.05) is 26.0 Å². The van der Waals surface area contributed by atoms with Gasteiger partial charge in [0.15, 0.2) is 9.84 Å². The van der Waals surface area contributed by atoms with Gasteiger partial charge in [0, 0.05) is 31.9 Å². The molecular formula is C20H23NO6S2. The molecule has 156 valence electrons. The third-order valence-corrected chi connectivity index (χ3v) is 8.40. The minimum atomic E-state index is -3.56. The fourth-order valence-corrected chi connectivity index (χ4v) is 5.92. The number of hydrogen-bond acceptors (Lipinski definition) is 6. The summed E-state index contributed by atoms with van der Waals surface area (Å²) in [4.78, 5) is 0.442. The molecule has 0 radical (unpaired) electrons. The van der Waals surface area contributed by atoms with Crippen LogP contribution in [0.4, 0.5) is 0 Å². The summed E-state index contributed by atoms with van der Waals surface area (Å²) in [5.74, 6) is 1.21. The molecule has 7 nitrogen and oxygen atoms in total. The topological polar surface area (TPSA) is 90.0 Å². The molecule has 0 aliphatic carbocycles. The average molecular weight is 438 g/mol. The molecule has 0 bridgehead atoms. The fraction of sp³-hybridized carbons (Fsp3) is 0.400. The van der Waals surface area contributed by atoms with Crippen LogP contribution in [0.1, 0.15) is 12.8 Å². The van der Waals surface area contributed by atoms with Crippen LogP contribution in [0, 0.1) is 5.92 Å². The quantitative estimate of drug-likeness (QED) is 0.714. The number of sulfonamides is 1. The van der Waals surface area contributed by atoms with Gasteiger partial charge in [-0.05, 0) is 61.4 Å². The summed E-state index contributed by atoms with van der Waals surface area (Å²) in [7, 11) is -6.82. The first-order valence-corrected chi connectivity index (χ1v) is 12.8. The highest BCUT2D eigenvalue weighted by Gasteiger charge is 2.38. The second kappa shape index (κ2) is 7.71. The van der Waals surface area contributed by atoms with E-state index in [2.05, 4.69) is 0 Å². The molecule has 4 rings (SSSR count). The standard InChI is InChI=1S/C20H23NO6S2/c1-28(22,23)18-6-2-16(3-7-18)27-17-4-8-19(9-5-17)29(24,25)21-12-10-20-15(14-21)11-13-26-20/h2-9,15,20H,10-14H2,1H3. The fourth-order valence-electron chi connectivity index (χ4n) is 3.78. The predicted octanol–water partition coefficient (Wildman–Crippen LogP) is 2.68. The second-order valence-electron chi connectivity index (χ2n) is 7.43. The summed E-state index contributed by atoms with van der Waals surface area (Å²) in [6.45, 7) is 1.67. The zero-order valence-corrected chi connectivity index (χ0v) is 17.7. The third kappa shape index (κ3) is 4.32. The van der Waals surface area contributed by atoms with Gasteiger partial charge in [0.25, 0.3) is 0 Å². The van der Waals surface area contributed by atoms with Crippen molar-refractivity contribution in [2.45, 2.75) is 28.7 Å². The highest BCUT2D eigenvalue weighted by Crippen LogP contribution is 2.32. The molecule has 9 heteroatoms. The normalized spacial score (nSPS) is 22.9. The van der Waals surface area contributed by atoms with Gasteiger partial charge >= 0.3 is 0 Å². The highest BCUT2D eigenvalue weighted by molar-refractivity contribution is 7.90. The summed E-state index contributed by atoms with van der Waals surface area (Å²) in [5, 5.41) is 0. The van der Waals surface area contributed by atoms with Gasteiger partial charge in [-0.2, -0.15) is 4.31 Å². The molecule has 2 heterocycles. The summed E-state index contributed by atoms with van der Waals surface area (Å²) < 4.78 is 61.9. The molecule has 2 atom stereocenters. The molecule has 0 amide bonds. The minimum absolute atomic E-state index is 0.186. The molecule has 2 aromatic carbocycles. The molecule has 0 N–H and O–H groups in total. The minimum Gasteiger partial charge on any atom is -0.457 e. The maximum atomic E-state index is 13.0. The van der Waals surface area contributed by atoms with Crippen LogP contribution in [-0.2, 0) is 24.6 Å². The Balaban J connectivity index is 1.46. The summed E-state index contributed by atoms with van der Waals surface area (Å²) in [6, 6.07) is 12.3. The number of ether oxygens (including phenoxy) is 2. The van der Waals surface area contributed by atoms with Crippen molar-refractivity contribution in [2.24, 2.45) is 5.92 Å². The molecule has 2 aliphatic rings. The molecule has 0 spiro atoms. The Labute approximate surface area is 171 Å². The molecule has 2 aromatic rings. The number of hydrogen-bond donors (Lipinski definition) is 0. The van der Waals surface area contributed by atoms with Crippen LogP contribution < -0.4 is 4.74 Å². The molecular weight excluding hydrogens is 414 g/mol. The van der Waals surface area contributed by atoms with Crippen LogP contribution in [0.2, 0.25) is 0 Å². The van der Waals surface area contributed by atoms with Crippen LogP contribution in [0.3, 0.4) is 0 Å². The lowest BCUT2D eigenvalue weighted by Crippen LogP contribution is -2.44. The van der Waals surface area contributed by atoms with E-state index in [9.17, 15) is 16.8 Å². The van der Waals surface area contributed by atoms with Crippen molar-refractivity contribution in [3.63, 3.8) is 0 Å². The first-order chi connectivity index (χ1) is 13.7. The lowest BCUT2D eigenvalue weighted by Gasteiger charge is -2.33. The largest absolute Gasteiger partial charge is 0.457 e. The van der Waals surface area contributed by atoms with Crippen LogP contribution in [-0.4, -0.2) is 53.2 Å². The Hall–Kier alpha value is -1.94. The van der Waals surface area contributed by atoms with E-state index in [0.29, 0.717) is 31.2 Å². The zero-order chi connectivity index (χ0) is 20.6. The maximum Gasteiger partial charge on any atom is 0.243 e. The molecule has 2 aliphatic heterocycles. The van der Waals surface area contributed by atoms with Gasteiger partial charge in [-0.3, -0.25) is 0 Å². The summed E-state index contributed by atoms with van der Waals surface area (Å²) >= 11 is 0. The van der Waals surface area contributed by atoms with Gasteiger partial charge in [-0.25, -0.2) is 16.8 Å². The first kappa shape index (κ1) is 20.3. The Morgan fingerprint density at radius 1 is 0.897 bits per heavy atom. The van der Waals surface area contributed by atoms with Crippen molar-refractivity contribution >= 4 is 19.9 Å². The molecule has 2 saturated heterocycles. The lowest BCUT2D eigenvalue weighted by atomic mass is 9.96. The van der Waals surface area contributed by atoms with Crippen molar-refractivity contribution < 1.29 is 26.3 Å². The number of rotatable bonds is 5. The van der Waals surface area contributed by atoms with Gasteiger partial charge in [-0.1, -0.05) is 0 Å². The number of nitrogens with zero attached hydrogens (tertiary/aromatic N) is 1. The van der Waals surface area contributed by atoms with Gasteiger partial charge in [0.05, 0.1) is 15.9 Å². The number of piperidine rings is 1. The van der Waals surface area contributed by atoms with Crippen LogP contribution >= 0.6 is 0 Å². The Kier molecular flexibility index (Phi) is 5.41. The zero-order valence-electron chi connectivity index (χ0n) is 16.0.